The standard InChI is InChI=1S/C11H10N6O2/c18-11(19)8-3-6(16-17-8)4-13-10-9-7(1-2-12-9)14-5-15-10/h1-3,5,12H,4H2,(H,16,17)(H,18,19)(H,13,14,15). The summed E-state index contributed by atoms with van der Waals surface area (Å²) in [7, 11) is 0. The fourth-order valence-electron chi connectivity index (χ4n) is 1.75. The number of aromatic amines is 2. The fourth-order valence-corrected chi connectivity index (χ4v) is 1.75. The van der Waals surface area contributed by atoms with Crippen molar-refractivity contribution in [2.24, 2.45) is 0 Å². The molecule has 96 valence electrons. The predicted octanol–water partition coefficient (Wildman–Crippen LogP) is 0.991. The molecule has 3 aromatic rings. The summed E-state index contributed by atoms with van der Waals surface area (Å²) in [6, 6.07) is 3.32. The van der Waals surface area contributed by atoms with Gasteiger partial charge in [0.2, 0.25) is 0 Å². The van der Waals surface area contributed by atoms with E-state index in [9.17, 15) is 4.79 Å². The molecule has 8 heteroatoms. The Morgan fingerprint density at radius 2 is 2.32 bits per heavy atom. The Hall–Kier alpha value is -2.90. The molecule has 3 rings (SSSR count). The van der Waals surface area contributed by atoms with E-state index in [4.69, 9.17) is 5.11 Å². The monoisotopic (exact) mass is 258 g/mol. The summed E-state index contributed by atoms with van der Waals surface area (Å²) in [5.74, 6) is -0.405. The molecule has 0 bridgehead atoms. The van der Waals surface area contributed by atoms with Gasteiger partial charge in [0.1, 0.15) is 11.8 Å². The van der Waals surface area contributed by atoms with Crippen molar-refractivity contribution in [1.29, 1.82) is 0 Å². The van der Waals surface area contributed by atoms with Crippen LogP contribution in [-0.2, 0) is 6.54 Å². The van der Waals surface area contributed by atoms with Crippen molar-refractivity contribution in [2.75, 3.05) is 5.32 Å². The highest BCUT2D eigenvalue weighted by Gasteiger charge is 2.09. The van der Waals surface area contributed by atoms with Crippen LogP contribution in [0, 0.1) is 0 Å². The van der Waals surface area contributed by atoms with E-state index in [2.05, 4.69) is 30.5 Å². The number of nitrogens with zero attached hydrogens (tertiary/aromatic N) is 3. The number of carboxylic acids is 1. The van der Waals surface area contributed by atoms with Crippen LogP contribution < -0.4 is 5.32 Å². The van der Waals surface area contributed by atoms with E-state index in [-0.39, 0.29) is 5.69 Å². The number of rotatable bonds is 4. The molecule has 0 unspecified atom stereocenters. The van der Waals surface area contributed by atoms with Crippen LogP contribution in [0.5, 0.6) is 0 Å². The topological polar surface area (TPSA) is 120 Å². The lowest BCUT2D eigenvalue weighted by molar-refractivity contribution is 0.0690. The van der Waals surface area contributed by atoms with Crippen molar-refractivity contribution in [3.05, 3.63) is 36.0 Å². The number of carbonyl (C=O) groups is 1. The number of aromatic carboxylic acids is 1. The van der Waals surface area contributed by atoms with Gasteiger partial charge >= 0.3 is 5.97 Å². The quantitative estimate of drug-likeness (QED) is 0.554. The van der Waals surface area contributed by atoms with E-state index in [1.54, 1.807) is 6.20 Å². The van der Waals surface area contributed by atoms with Gasteiger partial charge in [0.05, 0.1) is 17.8 Å². The third kappa shape index (κ3) is 2.10. The van der Waals surface area contributed by atoms with Crippen LogP contribution in [0.15, 0.2) is 24.7 Å². The largest absolute Gasteiger partial charge is 0.476 e. The normalized spacial score (nSPS) is 10.7. The number of anilines is 1. The van der Waals surface area contributed by atoms with Gasteiger partial charge < -0.3 is 15.4 Å². The van der Waals surface area contributed by atoms with Crippen LogP contribution in [0.25, 0.3) is 11.0 Å². The Kier molecular flexibility index (Phi) is 2.60. The molecule has 0 aliphatic carbocycles. The summed E-state index contributed by atoms with van der Waals surface area (Å²) < 4.78 is 0. The number of nitrogens with one attached hydrogen (secondary N) is 3. The molecule has 0 amide bonds. The average Bonchev–Trinajstić information content (AvgIpc) is 3.05. The highest BCUT2D eigenvalue weighted by atomic mass is 16.4. The summed E-state index contributed by atoms with van der Waals surface area (Å²) in [5.41, 5.74) is 2.27. The van der Waals surface area contributed by atoms with Gasteiger partial charge in [-0.25, -0.2) is 14.8 Å². The Balaban J connectivity index is 1.78. The fraction of sp³-hybridized carbons (Fsp3) is 0.0909. The summed E-state index contributed by atoms with van der Waals surface area (Å²) in [6.45, 7) is 0.394. The van der Waals surface area contributed by atoms with Gasteiger partial charge in [-0.15, -0.1) is 0 Å². The molecule has 8 nitrogen and oxygen atoms in total. The molecule has 0 saturated heterocycles. The van der Waals surface area contributed by atoms with Gasteiger partial charge in [0.25, 0.3) is 0 Å². The number of fused-ring (bicyclic) bond motifs is 1. The van der Waals surface area contributed by atoms with Crippen molar-refractivity contribution in [1.82, 2.24) is 25.1 Å². The number of hydrogen-bond acceptors (Lipinski definition) is 5. The van der Waals surface area contributed by atoms with Gasteiger partial charge in [-0.1, -0.05) is 0 Å². The zero-order chi connectivity index (χ0) is 13.2. The molecule has 0 aliphatic rings. The van der Waals surface area contributed by atoms with E-state index < -0.39 is 5.97 Å². The van der Waals surface area contributed by atoms with Gasteiger partial charge in [-0.2, -0.15) is 5.10 Å². The maximum absolute atomic E-state index is 10.7. The third-order valence-corrected chi connectivity index (χ3v) is 2.64. The molecule has 0 saturated carbocycles. The molecule has 0 fully saturated rings. The molecule has 3 heterocycles. The Morgan fingerprint density at radius 1 is 1.42 bits per heavy atom. The van der Waals surface area contributed by atoms with Crippen LogP contribution >= 0.6 is 0 Å². The average molecular weight is 258 g/mol. The summed E-state index contributed by atoms with van der Waals surface area (Å²) in [6.07, 6.45) is 3.25. The van der Waals surface area contributed by atoms with E-state index in [0.29, 0.717) is 18.1 Å². The molecule has 4 N–H and O–H groups in total. The number of H-pyrrole nitrogens is 2. The molecule has 0 atom stereocenters. The van der Waals surface area contributed by atoms with Crippen LogP contribution in [0.4, 0.5) is 5.82 Å². The summed E-state index contributed by atoms with van der Waals surface area (Å²) in [5, 5.41) is 18.2. The molecule has 0 radical (unpaired) electrons. The smallest absolute Gasteiger partial charge is 0.356 e. The van der Waals surface area contributed by atoms with Crippen LogP contribution in [-0.4, -0.2) is 36.2 Å². The number of carboxylic acid groups (broad SMARTS) is 1. The Bertz CT molecular complexity index is 731. The summed E-state index contributed by atoms with van der Waals surface area (Å²) in [4.78, 5) is 22.0. The van der Waals surface area contributed by atoms with Gasteiger partial charge in [-0.05, 0) is 12.1 Å². The van der Waals surface area contributed by atoms with E-state index in [1.807, 2.05) is 6.07 Å². The van der Waals surface area contributed by atoms with Gasteiger partial charge in [0, 0.05) is 6.20 Å². The highest BCUT2D eigenvalue weighted by Crippen LogP contribution is 2.17. The number of aromatic nitrogens is 5. The Morgan fingerprint density at radius 3 is 3.11 bits per heavy atom. The zero-order valence-electron chi connectivity index (χ0n) is 9.71. The maximum Gasteiger partial charge on any atom is 0.356 e. The summed E-state index contributed by atoms with van der Waals surface area (Å²) >= 11 is 0. The van der Waals surface area contributed by atoms with E-state index in [0.717, 1.165) is 11.0 Å². The van der Waals surface area contributed by atoms with E-state index >= 15 is 0 Å². The minimum atomic E-state index is -1.06. The lowest BCUT2D eigenvalue weighted by Crippen LogP contribution is -2.02. The van der Waals surface area contributed by atoms with Gasteiger partial charge in [0.15, 0.2) is 11.5 Å². The first-order valence-electron chi connectivity index (χ1n) is 5.53. The predicted molar refractivity (Wildman–Crippen MR) is 66.8 cm³/mol. The molecule has 0 spiro atoms. The van der Waals surface area contributed by atoms with E-state index in [1.165, 1.54) is 12.4 Å². The molecule has 19 heavy (non-hydrogen) atoms. The van der Waals surface area contributed by atoms with Crippen molar-refractivity contribution in [3.8, 4) is 0 Å². The molecule has 3 aromatic heterocycles. The second-order valence-electron chi connectivity index (χ2n) is 3.90. The maximum atomic E-state index is 10.7. The van der Waals surface area contributed by atoms with Crippen LogP contribution in [0.1, 0.15) is 16.2 Å². The lowest BCUT2D eigenvalue weighted by atomic mass is 10.3. The SMILES string of the molecule is O=C(O)c1cc(CNc2ncnc3cc[nH]c23)[nH]n1. The molecular formula is C11H10N6O2. The molecule has 0 aliphatic heterocycles. The second-order valence-corrected chi connectivity index (χ2v) is 3.90. The van der Waals surface area contributed by atoms with Gasteiger partial charge in [-0.3, -0.25) is 5.10 Å². The minimum absolute atomic E-state index is 0.00971. The van der Waals surface area contributed by atoms with Crippen molar-refractivity contribution >= 4 is 22.8 Å². The second kappa shape index (κ2) is 4.41. The van der Waals surface area contributed by atoms with Crippen LogP contribution in [0.2, 0.25) is 0 Å². The Labute approximate surface area is 106 Å². The molecule has 0 aromatic carbocycles. The number of hydrogen-bond donors (Lipinski definition) is 4. The highest BCUT2D eigenvalue weighted by molar-refractivity contribution is 5.86. The van der Waals surface area contributed by atoms with Crippen molar-refractivity contribution in [2.45, 2.75) is 6.54 Å². The first-order valence-corrected chi connectivity index (χ1v) is 5.53. The van der Waals surface area contributed by atoms with Crippen LogP contribution in [0.3, 0.4) is 0 Å². The van der Waals surface area contributed by atoms with Crippen molar-refractivity contribution in [3.63, 3.8) is 0 Å². The minimum Gasteiger partial charge on any atom is -0.476 e. The first kappa shape index (κ1) is 11.2. The third-order valence-electron chi connectivity index (χ3n) is 2.64. The first-order chi connectivity index (χ1) is 9.24. The zero-order valence-corrected chi connectivity index (χ0v) is 9.71. The molecular weight excluding hydrogens is 248 g/mol. The van der Waals surface area contributed by atoms with Crippen molar-refractivity contribution < 1.29 is 9.90 Å². The lowest BCUT2D eigenvalue weighted by Gasteiger charge is -2.04.